The molecule has 1 aromatic carbocycles. The number of hydrogen-bond donors (Lipinski definition) is 1. The van der Waals surface area contributed by atoms with Crippen molar-refractivity contribution in [1.29, 1.82) is 0 Å². The van der Waals surface area contributed by atoms with Crippen molar-refractivity contribution < 1.29 is 9.53 Å². The Morgan fingerprint density at radius 2 is 2.22 bits per heavy atom. The average molecular weight is 247 g/mol. The lowest BCUT2D eigenvalue weighted by atomic mass is 9.95. The molecule has 2 atom stereocenters. The summed E-state index contributed by atoms with van der Waals surface area (Å²) in [7, 11) is 0. The Bertz CT molecular complexity index is 371. The molecule has 1 amide bonds. The van der Waals surface area contributed by atoms with Gasteiger partial charge in [-0.25, -0.2) is 0 Å². The maximum atomic E-state index is 12.2. The first kappa shape index (κ1) is 13.1. The molecule has 0 spiro atoms. The van der Waals surface area contributed by atoms with Crippen LogP contribution in [0.1, 0.15) is 37.7 Å². The Balaban J connectivity index is 1.89. The Hall–Kier alpha value is -1.35. The molecule has 1 heterocycles. The first-order valence-electron chi connectivity index (χ1n) is 6.75. The third-order valence-corrected chi connectivity index (χ3v) is 3.45. The maximum Gasteiger partial charge on any atom is 0.227 e. The van der Waals surface area contributed by atoms with Crippen molar-refractivity contribution >= 4 is 5.91 Å². The van der Waals surface area contributed by atoms with Crippen LogP contribution in [-0.4, -0.2) is 25.2 Å². The minimum absolute atomic E-state index is 0.0485. The molecule has 0 saturated carbocycles. The van der Waals surface area contributed by atoms with E-state index in [2.05, 4.69) is 5.32 Å². The van der Waals surface area contributed by atoms with Crippen LogP contribution in [0.15, 0.2) is 30.3 Å². The van der Waals surface area contributed by atoms with Crippen LogP contribution in [0, 0.1) is 0 Å². The van der Waals surface area contributed by atoms with Crippen LogP contribution >= 0.6 is 0 Å². The summed E-state index contributed by atoms with van der Waals surface area (Å²) >= 11 is 0. The zero-order valence-electron chi connectivity index (χ0n) is 10.9. The van der Waals surface area contributed by atoms with E-state index in [1.165, 1.54) is 0 Å². The summed E-state index contributed by atoms with van der Waals surface area (Å²) in [6.45, 7) is 3.52. The normalized spacial score (nSPS) is 20.6. The lowest BCUT2D eigenvalue weighted by molar-refractivity contribution is -0.123. The van der Waals surface area contributed by atoms with E-state index >= 15 is 0 Å². The Morgan fingerprint density at radius 3 is 2.83 bits per heavy atom. The van der Waals surface area contributed by atoms with E-state index in [1.54, 1.807) is 0 Å². The summed E-state index contributed by atoms with van der Waals surface area (Å²) < 4.78 is 5.51. The van der Waals surface area contributed by atoms with Crippen LogP contribution < -0.4 is 5.32 Å². The van der Waals surface area contributed by atoms with Crippen molar-refractivity contribution in [3.8, 4) is 0 Å². The molecule has 3 heteroatoms. The maximum absolute atomic E-state index is 12.2. The van der Waals surface area contributed by atoms with Gasteiger partial charge in [-0.3, -0.25) is 4.79 Å². The van der Waals surface area contributed by atoms with Gasteiger partial charge in [0.15, 0.2) is 0 Å². The molecule has 0 aromatic heterocycles. The van der Waals surface area contributed by atoms with Crippen molar-refractivity contribution in [2.24, 2.45) is 0 Å². The van der Waals surface area contributed by atoms with Crippen LogP contribution in [0.5, 0.6) is 0 Å². The summed E-state index contributed by atoms with van der Waals surface area (Å²) in [6, 6.07) is 9.96. The molecular formula is C15H21NO2. The van der Waals surface area contributed by atoms with E-state index < -0.39 is 0 Å². The average Bonchev–Trinajstić information content (AvgIpc) is 2.92. The van der Waals surface area contributed by atoms with E-state index in [1.807, 2.05) is 37.3 Å². The Morgan fingerprint density at radius 1 is 1.44 bits per heavy atom. The van der Waals surface area contributed by atoms with Gasteiger partial charge in [0.05, 0.1) is 12.0 Å². The quantitative estimate of drug-likeness (QED) is 0.868. The van der Waals surface area contributed by atoms with E-state index in [0.29, 0.717) is 6.54 Å². The van der Waals surface area contributed by atoms with Crippen molar-refractivity contribution in [2.45, 2.75) is 38.2 Å². The number of amides is 1. The highest BCUT2D eigenvalue weighted by Crippen LogP contribution is 2.19. The molecule has 1 aliphatic heterocycles. The highest BCUT2D eigenvalue weighted by molar-refractivity contribution is 5.83. The second-order valence-corrected chi connectivity index (χ2v) is 4.75. The van der Waals surface area contributed by atoms with Crippen molar-refractivity contribution in [3.63, 3.8) is 0 Å². The number of hydrogen-bond acceptors (Lipinski definition) is 2. The van der Waals surface area contributed by atoms with E-state index in [0.717, 1.165) is 31.4 Å². The van der Waals surface area contributed by atoms with E-state index in [-0.39, 0.29) is 17.9 Å². The molecule has 2 rings (SSSR count). The summed E-state index contributed by atoms with van der Waals surface area (Å²) in [6.07, 6.45) is 3.20. The van der Waals surface area contributed by atoms with Gasteiger partial charge in [-0.2, -0.15) is 0 Å². The fraction of sp³-hybridized carbons (Fsp3) is 0.533. The van der Waals surface area contributed by atoms with Gasteiger partial charge in [0.1, 0.15) is 0 Å². The Labute approximate surface area is 109 Å². The number of carbonyl (C=O) groups is 1. The summed E-state index contributed by atoms with van der Waals surface area (Å²) in [4.78, 5) is 12.2. The predicted molar refractivity (Wildman–Crippen MR) is 71.5 cm³/mol. The molecule has 0 bridgehead atoms. The smallest absolute Gasteiger partial charge is 0.227 e. The molecule has 1 aliphatic rings. The fourth-order valence-electron chi connectivity index (χ4n) is 2.40. The monoisotopic (exact) mass is 247 g/mol. The first-order valence-corrected chi connectivity index (χ1v) is 6.75. The largest absolute Gasteiger partial charge is 0.376 e. The van der Waals surface area contributed by atoms with Gasteiger partial charge in [-0.15, -0.1) is 0 Å². The minimum Gasteiger partial charge on any atom is -0.376 e. The van der Waals surface area contributed by atoms with Gasteiger partial charge in [-0.1, -0.05) is 37.3 Å². The van der Waals surface area contributed by atoms with E-state index in [4.69, 9.17) is 4.74 Å². The number of rotatable bonds is 5. The van der Waals surface area contributed by atoms with Crippen LogP contribution in [0.2, 0.25) is 0 Å². The van der Waals surface area contributed by atoms with Gasteiger partial charge >= 0.3 is 0 Å². The minimum atomic E-state index is -0.0485. The third kappa shape index (κ3) is 3.33. The Kier molecular flexibility index (Phi) is 4.76. The molecule has 0 unspecified atom stereocenters. The molecule has 1 saturated heterocycles. The SMILES string of the molecule is CC[C@@H](C(=O)NC[C@@H]1CCCO1)c1ccccc1. The third-order valence-electron chi connectivity index (χ3n) is 3.45. The topological polar surface area (TPSA) is 38.3 Å². The van der Waals surface area contributed by atoms with Gasteiger partial charge in [0.25, 0.3) is 0 Å². The summed E-state index contributed by atoms with van der Waals surface area (Å²) in [5.74, 6) is 0.0619. The highest BCUT2D eigenvalue weighted by Gasteiger charge is 2.21. The predicted octanol–water partition coefficient (Wildman–Crippen LogP) is 2.48. The molecule has 3 nitrogen and oxygen atoms in total. The van der Waals surface area contributed by atoms with E-state index in [9.17, 15) is 4.79 Å². The second-order valence-electron chi connectivity index (χ2n) is 4.75. The molecule has 0 radical (unpaired) electrons. The van der Waals surface area contributed by atoms with Gasteiger partial charge in [0.2, 0.25) is 5.91 Å². The van der Waals surface area contributed by atoms with Crippen molar-refractivity contribution in [3.05, 3.63) is 35.9 Å². The van der Waals surface area contributed by atoms with Gasteiger partial charge in [0, 0.05) is 13.2 Å². The zero-order valence-corrected chi connectivity index (χ0v) is 10.9. The van der Waals surface area contributed by atoms with Crippen LogP contribution in [0.3, 0.4) is 0 Å². The summed E-state index contributed by atoms with van der Waals surface area (Å²) in [5, 5.41) is 3.01. The fourth-order valence-corrected chi connectivity index (χ4v) is 2.40. The lowest BCUT2D eigenvalue weighted by Gasteiger charge is -2.17. The van der Waals surface area contributed by atoms with Gasteiger partial charge < -0.3 is 10.1 Å². The van der Waals surface area contributed by atoms with Crippen LogP contribution in [-0.2, 0) is 9.53 Å². The number of ether oxygens (including phenoxy) is 1. The number of nitrogens with one attached hydrogen (secondary N) is 1. The molecule has 1 aromatic rings. The lowest BCUT2D eigenvalue weighted by Crippen LogP contribution is -2.35. The highest BCUT2D eigenvalue weighted by atomic mass is 16.5. The molecule has 18 heavy (non-hydrogen) atoms. The second kappa shape index (κ2) is 6.55. The molecule has 98 valence electrons. The van der Waals surface area contributed by atoms with Crippen LogP contribution in [0.25, 0.3) is 0 Å². The number of carbonyl (C=O) groups excluding carboxylic acids is 1. The van der Waals surface area contributed by atoms with Gasteiger partial charge in [-0.05, 0) is 24.8 Å². The molecule has 1 N–H and O–H groups in total. The molecule has 0 aliphatic carbocycles. The molecule has 1 fully saturated rings. The summed E-state index contributed by atoms with van der Waals surface area (Å²) in [5.41, 5.74) is 1.09. The van der Waals surface area contributed by atoms with Crippen molar-refractivity contribution in [1.82, 2.24) is 5.32 Å². The zero-order chi connectivity index (χ0) is 12.8. The first-order chi connectivity index (χ1) is 8.81. The van der Waals surface area contributed by atoms with Crippen LogP contribution in [0.4, 0.5) is 0 Å². The standard InChI is InChI=1S/C15H21NO2/c1-2-14(12-7-4-3-5-8-12)15(17)16-11-13-9-6-10-18-13/h3-5,7-8,13-14H,2,6,9-11H2,1H3,(H,16,17)/t13-,14+/m0/s1. The van der Waals surface area contributed by atoms with Crippen molar-refractivity contribution in [2.75, 3.05) is 13.2 Å². The molecular weight excluding hydrogens is 226 g/mol. The number of benzene rings is 1.